The molecule has 0 radical (unpaired) electrons. The first kappa shape index (κ1) is 10.4. The van der Waals surface area contributed by atoms with Gasteiger partial charge in [0.15, 0.2) is 5.78 Å². The molecule has 0 atom stereocenters. The zero-order valence-corrected chi connectivity index (χ0v) is 9.34. The summed E-state index contributed by atoms with van der Waals surface area (Å²) in [7, 11) is 0. The molecule has 1 aliphatic carbocycles. The highest BCUT2D eigenvalue weighted by atomic mass is 16.1. The first-order valence-electron chi connectivity index (χ1n) is 5.41. The molecule has 1 aromatic carbocycles. The van der Waals surface area contributed by atoms with Crippen LogP contribution in [0.3, 0.4) is 0 Å². The van der Waals surface area contributed by atoms with Crippen LogP contribution in [0.1, 0.15) is 34.3 Å². The van der Waals surface area contributed by atoms with Gasteiger partial charge in [0.05, 0.1) is 0 Å². The summed E-state index contributed by atoms with van der Waals surface area (Å²) in [5.74, 6) is 0.230. The highest BCUT2D eigenvalue weighted by molar-refractivity contribution is 6.02. The molecule has 1 fully saturated rings. The van der Waals surface area contributed by atoms with Crippen molar-refractivity contribution in [1.29, 1.82) is 0 Å². The smallest absolute Gasteiger partial charge is 0.170 e. The van der Waals surface area contributed by atoms with Gasteiger partial charge >= 0.3 is 0 Å². The third kappa shape index (κ3) is 1.70. The van der Waals surface area contributed by atoms with Crippen LogP contribution in [0.5, 0.6) is 0 Å². The number of hydrogen-bond donors (Lipinski definition) is 1. The number of rotatable bonds is 3. The van der Waals surface area contributed by atoms with Crippen molar-refractivity contribution in [3.05, 3.63) is 34.9 Å². The second-order valence-corrected chi connectivity index (χ2v) is 4.61. The van der Waals surface area contributed by atoms with Crippen LogP contribution in [0.2, 0.25) is 0 Å². The lowest BCUT2D eigenvalue weighted by Crippen LogP contribution is -2.25. The van der Waals surface area contributed by atoms with E-state index in [0.29, 0.717) is 6.54 Å². The van der Waals surface area contributed by atoms with Crippen LogP contribution in [0.25, 0.3) is 0 Å². The zero-order chi connectivity index (χ0) is 11.1. The Morgan fingerprint density at radius 3 is 2.47 bits per heavy atom. The number of aryl methyl sites for hydroxylation is 2. The van der Waals surface area contributed by atoms with Crippen molar-refractivity contribution in [1.82, 2.24) is 0 Å². The summed E-state index contributed by atoms with van der Waals surface area (Å²) in [4.78, 5) is 12.1. The van der Waals surface area contributed by atoms with E-state index in [1.165, 1.54) is 11.1 Å². The number of ketones is 1. The summed E-state index contributed by atoms with van der Waals surface area (Å²) < 4.78 is 0. The van der Waals surface area contributed by atoms with E-state index < -0.39 is 0 Å². The number of nitrogens with two attached hydrogens (primary N) is 1. The molecule has 0 aliphatic heterocycles. The number of carbonyl (C=O) groups excluding carboxylic acids is 1. The Balaban J connectivity index is 2.30. The molecule has 0 unspecified atom stereocenters. The van der Waals surface area contributed by atoms with Crippen molar-refractivity contribution in [2.75, 3.05) is 6.54 Å². The molecule has 0 heterocycles. The zero-order valence-electron chi connectivity index (χ0n) is 9.34. The molecule has 0 saturated heterocycles. The molecule has 2 nitrogen and oxygen atoms in total. The fourth-order valence-electron chi connectivity index (χ4n) is 1.86. The van der Waals surface area contributed by atoms with E-state index >= 15 is 0 Å². The number of Topliss-reactive ketones (excluding diaryl/α,β-unsaturated/α-hetero) is 1. The Morgan fingerprint density at radius 1 is 1.33 bits per heavy atom. The standard InChI is InChI=1S/C13H17NO/c1-9-3-4-11(7-10(9)2)12(15)13(8-14)5-6-13/h3-4,7H,5-6,8,14H2,1-2H3. The van der Waals surface area contributed by atoms with E-state index in [1.54, 1.807) is 0 Å². The molecule has 15 heavy (non-hydrogen) atoms. The Morgan fingerprint density at radius 2 is 2.00 bits per heavy atom. The molecular formula is C13H17NO. The molecule has 1 saturated carbocycles. The van der Waals surface area contributed by atoms with Gasteiger partial charge in [0.25, 0.3) is 0 Å². The minimum atomic E-state index is -0.221. The summed E-state index contributed by atoms with van der Waals surface area (Å²) in [5, 5.41) is 0. The highest BCUT2D eigenvalue weighted by Gasteiger charge is 2.48. The minimum Gasteiger partial charge on any atom is -0.329 e. The summed E-state index contributed by atoms with van der Waals surface area (Å²) in [6.45, 7) is 4.58. The number of carbonyl (C=O) groups is 1. The van der Waals surface area contributed by atoms with Crippen molar-refractivity contribution >= 4 is 5.78 Å². The third-order valence-electron chi connectivity index (χ3n) is 3.50. The van der Waals surface area contributed by atoms with Gasteiger partial charge in [-0.05, 0) is 43.9 Å². The number of benzene rings is 1. The maximum absolute atomic E-state index is 12.1. The van der Waals surface area contributed by atoms with Gasteiger partial charge in [0, 0.05) is 17.5 Å². The second kappa shape index (κ2) is 3.46. The molecule has 0 spiro atoms. The van der Waals surface area contributed by atoms with Crippen LogP contribution >= 0.6 is 0 Å². The Labute approximate surface area is 90.5 Å². The fraction of sp³-hybridized carbons (Fsp3) is 0.462. The SMILES string of the molecule is Cc1ccc(C(=O)C2(CN)CC2)cc1C. The molecule has 0 amide bonds. The molecule has 2 heteroatoms. The largest absolute Gasteiger partial charge is 0.329 e. The summed E-state index contributed by atoms with van der Waals surface area (Å²) in [6, 6.07) is 5.91. The van der Waals surface area contributed by atoms with Crippen LogP contribution < -0.4 is 5.73 Å². The Kier molecular flexibility index (Phi) is 2.39. The highest BCUT2D eigenvalue weighted by Crippen LogP contribution is 2.47. The second-order valence-electron chi connectivity index (χ2n) is 4.61. The molecule has 1 aliphatic rings. The van der Waals surface area contributed by atoms with Crippen LogP contribution in [-0.2, 0) is 0 Å². The molecule has 1 aromatic rings. The first-order chi connectivity index (χ1) is 7.09. The van der Waals surface area contributed by atoms with Crippen molar-refractivity contribution in [2.45, 2.75) is 26.7 Å². The first-order valence-corrected chi connectivity index (χ1v) is 5.41. The fourth-order valence-corrected chi connectivity index (χ4v) is 1.86. The van der Waals surface area contributed by atoms with Crippen molar-refractivity contribution in [3.8, 4) is 0 Å². The van der Waals surface area contributed by atoms with E-state index in [4.69, 9.17) is 5.73 Å². The van der Waals surface area contributed by atoms with Crippen molar-refractivity contribution in [2.24, 2.45) is 11.1 Å². The van der Waals surface area contributed by atoms with Crippen LogP contribution in [-0.4, -0.2) is 12.3 Å². The minimum absolute atomic E-state index is 0.221. The van der Waals surface area contributed by atoms with E-state index in [9.17, 15) is 4.79 Å². The Bertz CT molecular complexity index is 405. The van der Waals surface area contributed by atoms with Crippen molar-refractivity contribution < 1.29 is 4.79 Å². The van der Waals surface area contributed by atoms with E-state index in [0.717, 1.165) is 18.4 Å². The average Bonchev–Trinajstić information content (AvgIpc) is 3.02. The molecule has 2 N–H and O–H groups in total. The average molecular weight is 203 g/mol. The van der Waals surface area contributed by atoms with Gasteiger partial charge in [-0.15, -0.1) is 0 Å². The van der Waals surface area contributed by atoms with E-state index in [2.05, 4.69) is 6.92 Å². The summed E-state index contributed by atoms with van der Waals surface area (Å²) >= 11 is 0. The maximum Gasteiger partial charge on any atom is 0.170 e. The van der Waals surface area contributed by atoms with Crippen LogP contribution in [0.15, 0.2) is 18.2 Å². The van der Waals surface area contributed by atoms with Gasteiger partial charge in [0.1, 0.15) is 0 Å². The quantitative estimate of drug-likeness (QED) is 0.765. The maximum atomic E-state index is 12.1. The number of hydrogen-bond acceptors (Lipinski definition) is 2. The summed E-state index contributed by atoms with van der Waals surface area (Å²) in [5.41, 5.74) is 8.65. The Hall–Kier alpha value is -1.15. The lowest BCUT2D eigenvalue weighted by molar-refractivity contribution is 0.0905. The third-order valence-corrected chi connectivity index (χ3v) is 3.50. The van der Waals surface area contributed by atoms with Crippen LogP contribution in [0, 0.1) is 19.3 Å². The predicted octanol–water partition coefficient (Wildman–Crippen LogP) is 2.23. The van der Waals surface area contributed by atoms with Gasteiger partial charge in [-0.1, -0.05) is 12.1 Å². The summed E-state index contributed by atoms with van der Waals surface area (Å²) in [6.07, 6.45) is 1.91. The molecule has 0 bridgehead atoms. The van der Waals surface area contributed by atoms with Gasteiger partial charge in [0.2, 0.25) is 0 Å². The predicted molar refractivity (Wildman–Crippen MR) is 61.0 cm³/mol. The molecule has 0 aromatic heterocycles. The van der Waals surface area contributed by atoms with Gasteiger partial charge in [-0.2, -0.15) is 0 Å². The van der Waals surface area contributed by atoms with E-state index in [-0.39, 0.29) is 11.2 Å². The van der Waals surface area contributed by atoms with Gasteiger partial charge in [-0.3, -0.25) is 4.79 Å². The monoisotopic (exact) mass is 203 g/mol. The molecular weight excluding hydrogens is 186 g/mol. The van der Waals surface area contributed by atoms with Gasteiger partial charge < -0.3 is 5.73 Å². The normalized spacial score (nSPS) is 17.5. The lowest BCUT2D eigenvalue weighted by Gasteiger charge is -2.12. The molecule has 80 valence electrons. The topological polar surface area (TPSA) is 43.1 Å². The van der Waals surface area contributed by atoms with Crippen molar-refractivity contribution in [3.63, 3.8) is 0 Å². The molecule has 2 rings (SSSR count). The van der Waals surface area contributed by atoms with Gasteiger partial charge in [-0.25, -0.2) is 0 Å². The lowest BCUT2D eigenvalue weighted by atomic mass is 9.93. The van der Waals surface area contributed by atoms with Crippen LogP contribution in [0.4, 0.5) is 0 Å². The van der Waals surface area contributed by atoms with E-state index in [1.807, 2.05) is 25.1 Å².